The number of carbonyl (C=O) groups is 2. The van der Waals surface area contributed by atoms with Crippen molar-refractivity contribution in [3.8, 4) is 11.5 Å². The third-order valence-electron chi connectivity index (χ3n) is 2.65. The van der Waals surface area contributed by atoms with Gasteiger partial charge in [0.2, 0.25) is 0 Å². The van der Waals surface area contributed by atoms with Gasteiger partial charge in [-0.15, -0.1) is 0 Å². The summed E-state index contributed by atoms with van der Waals surface area (Å²) >= 11 is 3.14. The predicted octanol–water partition coefficient (Wildman–Crippen LogP) is 2.81. The van der Waals surface area contributed by atoms with E-state index in [-0.39, 0.29) is 28.3 Å². The van der Waals surface area contributed by atoms with Crippen LogP contribution in [-0.2, 0) is 0 Å². The van der Waals surface area contributed by atoms with E-state index in [2.05, 4.69) is 21.2 Å². The molecule has 0 atom stereocenters. The highest BCUT2D eigenvalue weighted by Gasteiger charge is 2.17. The van der Waals surface area contributed by atoms with Crippen molar-refractivity contribution in [1.82, 2.24) is 0 Å². The zero-order chi connectivity index (χ0) is 15.6. The number of nitrogens with one attached hydrogen (secondary N) is 1. The van der Waals surface area contributed by atoms with E-state index in [0.29, 0.717) is 4.47 Å². The number of rotatable bonds is 3. The van der Waals surface area contributed by atoms with E-state index >= 15 is 0 Å². The maximum atomic E-state index is 12.1. The van der Waals surface area contributed by atoms with Crippen LogP contribution >= 0.6 is 15.9 Å². The van der Waals surface area contributed by atoms with Crippen LogP contribution in [0, 0.1) is 0 Å². The van der Waals surface area contributed by atoms with E-state index in [0.717, 1.165) is 0 Å². The minimum absolute atomic E-state index is 0.0128. The van der Waals surface area contributed by atoms with Crippen molar-refractivity contribution in [1.29, 1.82) is 0 Å². The first-order valence-corrected chi connectivity index (χ1v) is 6.54. The maximum absolute atomic E-state index is 12.1. The van der Waals surface area contributed by atoms with Crippen LogP contribution in [0.5, 0.6) is 11.5 Å². The standard InChI is InChI=1S/C14H10BrNO5/c15-8-4-7(14(20)21)5-9(6-8)16-13(19)12-10(17)2-1-3-11(12)18/h1-6,17-18H,(H,16,19)(H,20,21). The molecule has 0 fully saturated rings. The molecular weight excluding hydrogens is 342 g/mol. The third-order valence-corrected chi connectivity index (χ3v) is 3.11. The molecule has 0 saturated carbocycles. The average molecular weight is 352 g/mol. The second-order valence-corrected chi connectivity index (χ2v) is 5.07. The second kappa shape index (κ2) is 5.84. The average Bonchev–Trinajstić information content (AvgIpc) is 2.37. The van der Waals surface area contributed by atoms with Gasteiger partial charge in [-0.3, -0.25) is 4.79 Å². The van der Waals surface area contributed by atoms with Gasteiger partial charge in [0, 0.05) is 10.2 Å². The highest BCUT2D eigenvalue weighted by Crippen LogP contribution is 2.28. The lowest BCUT2D eigenvalue weighted by Gasteiger charge is -2.09. The number of aromatic carboxylic acids is 1. The molecule has 2 rings (SSSR count). The van der Waals surface area contributed by atoms with Gasteiger partial charge in [-0.1, -0.05) is 22.0 Å². The third kappa shape index (κ3) is 3.32. The summed E-state index contributed by atoms with van der Waals surface area (Å²) in [6, 6.07) is 8.07. The van der Waals surface area contributed by atoms with Crippen LogP contribution < -0.4 is 5.32 Å². The number of aromatic hydroxyl groups is 2. The smallest absolute Gasteiger partial charge is 0.335 e. The summed E-state index contributed by atoms with van der Waals surface area (Å²) in [6.45, 7) is 0. The fraction of sp³-hybridized carbons (Fsp3) is 0. The molecule has 0 heterocycles. The predicted molar refractivity (Wildman–Crippen MR) is 78.8 cm³/mol. The molecule has 0 saturated heterocycles. The zero-order valence-corrected chi connectivity index (χ0v) is 12.1. The molecule has 21 heavy (non-hydrogen) atoms. The molecule has 108 valence electrons. The number of hydrogen-bond donors (Lipinski definition) is 4. The minimum Gasteiger partial charge on any atom is -0.507 e. The number of hydrogen-bond acceptors (Lipinski definition) is 4. The molecule has 0 radical (unpaired) electrons. The number of amides is 1. The maximum Gasteiger partial charge on any atom is 0.335 e. The highest BCUT2D eigenvalue weighted by atomic mass is 79.9. The van der Waals surface area contributed by atoms with Crippen molar-refractivity contribution in [3.63, 3.8) is 0 Å². The first kappa shape index (κ1) is 14.9. The summed E-state index contributed by atoms with van der Waals surface area (Å²) in [4.78, 5) is 23.0. The Labute approximate surface area is 127 Å². The number of anilines is 1. The largest absolute Gasteiger partial charge is 0.507 e. The van der Waals surface area contributed by atoms with Crippen molar-refractivity contribution in [2.24, 2.45) is 0 Å². The molecule has 0 aliphatic heterocycles. The SMILES string of the molecule is O=C(O)c1cc(Br)cc(NC(=O)c2c(O)cccc2O)c1. The van der Waals surface area contributed by atoms with Gasteiger partial charge in [0.15, 0.2) is 0 Å². The van der Waals surface area contributed by atoms with Gasteiger partial charge >= 0.3 is 5.97 Å². The summed E-state index contributed by atoms with van der Waals surface area (Å²) in [7, 11) is 0. The van der Waals surface area contributed by atoms with E-state index in [9.17, 15) is 19.8 Å². The van der Waals surface area contributed by atoms with Crippen molar-refractivity contribution >= 4 is 33.5 Å². The van der Waals surface area contributed by atoms with Crippen LogP contribution in [0.2, 0.25) is 0 Å². The Morgan fingerprint density at radius 2 is 1.67 bits per heavy atom. The topological polar surface area (TPSA) is 107 Å². The summed E-state index contributed by atoms with van der Waals surface area (Å²) in [5, 5.41) is 30.6. The quantitative estimate of drug-likeness (QED) is 0.680. The van der Waals surface area contributed by atoms with Crippen molar-refractivity contribution < 1.29 is 24.9 Å². The van der Waals surface area contributed by atoms with Gasteiger partial charge in [0.1, 0.15) is 17.1 Å². The monoisotopic (exact) mass is 351 g/mol. The van der Waals surface area contributed by atoms with Gasteiger partial charge in [-0.05, 0) is 30.3 Å². The summed E-state index contributed by atoms with van der Waals surface area (Å²) in [5.41, 5.74) is -0.0787. The lowest BCUT2D eigenvalue weighted by atomic mass is 10.1. The molecule has 0 aromatic heterocycles. The van der Waals surface area contributed by atoms with Crippen LogP contribution in [0.25, 0.3) is 0 Å². The number of halogens is 1. The van der Waals surface area contributed by atoms with E-state index in [1.165, 1.54) is 36.4 Å². The molecule has 2 aromatic rings. The number of carboxylic acid groups (broad SMARTS) is 1. The molecule has 6 nitrogen and oxygen atoms in total. The van der Waals surface area contributed by atoms with E-state index in [4.69, 9.17) is 5.11 Å². The van der Waals surface area contributed by atoms with Crippen LogP contribution in [-0.4, -0.2) is 27.2 Å². The molecular formula is C14H10BrNO5. The number of carbonyl (C=O) groups excluding carboxylic acids is 1. The first-order chi connectivity index (χ1) is 9.88. The number of carboxylic acids is 1. The Morgan fingerprint density at radius 3 is 2.24 bits per heavy atom. The minimum atomic E-state index is -1.14. The normalized spacial score (nSPS) is 10.1. The Bertz CT molecular complexity index is 709. The lowest BCUT2D eigenvalue weighted by molar-refractivity contribution is 0.0696. The van der Waals surface area contributed by atoms with Gasteiger partial charge < -0.3 is 20.6 Å². The number of phenols is 2. The number of benzene rings is 2. The molecule has 4 N–H and O–H groups in total. The second-order valence-electron chi connectivity index (χ2n) is 4.16. The molecule has 0 bridgehead atoms. The van der Waals surface area contributed by atoms with E-state index in [1.807, 2.05) is 0 Å². The molecule has 0 spiro atoms. The molecule has 0 aliphatic rings. The van der Waals surface area contributed by atoms with Crippen molar-refractivity contribution in [3.05, 3.63) is 52.0 Å². The van der Waals surface area contributed by atoms with Crippen molar-refractivity contribution in [2.45, 2.75) is 0 Å². The van der Waals surface area contributed by atoms with Crippen LogP contribution in [0.3, 0.4) is 0 Å². The van der Waals surface area contributed by atoms with Crippen LogP contribution in [0.15, 0.2) is 40.9 Å². The molecule has 2 aromatic carbocycles. The number of phenolic OH excluding ortho intramolecular Hbond substituents is 2. The molecule has 7 heteroatoms. The van der Waals surface area contributed by atoms with Gasteiger partial charge in [-0.2, -0.15) is 0 Å². The lowest BCUT2D eigenvalue weighted by Crippen LogP contribution is -2.13. The van der Waals surface area contributed by atoms with Gasteiger partial charge in [0.05, 0.1) is 5.56 Å². The van der Waals surface area contributed by atoms with Crippen molar-refractivity contribution in [2.75, 3.05) is 5.32 Å². The van der Waals surface area contributed by atoms with Gasteiger partial charge in [-0.25, -0.2) is 4.79 Å². The van der Waals surface area contributed by atoms with Gasteiger partial charge in [0.25, 0.3) is 5.91 Å². The Balaban J connectivity index is 2.34. The summed E-state index contributed by atoms with van der Waals surface area (Å²) < 4.78 is 0.471. The fourth-order valence-corrected chi connectivity index (χ4v) is 2.23. The zero-order valence-electron chi connectivity index (χ0n) is 10.5. The molecule has 1 amide bonds. The van der Waals surface area contributed by atoms with Crippen LogP contribution in [0.4, 0.5) is 5.69 Å². The Kier molecular flexibility index (Phi) is 4.13. The first-order valence-electron chi connectivity index (χ1n) is 5.74. The molecule has 0 unspecified atom stereocenters. The highest BCUT2D eigenvalue weighted by molar-refractivity contribution is 9.10. The van der Waals surface area contributed by atoms with E-state index in [1.54, 1.807) is 0 Å². The van der Waals surface area contributed by atoms with Crippen LogP contribution in [0.1, 0.15) is 20.7 Å². The summed E-state index contributed by atoms with van der Waals surface area (Å²) in [6.07, 6.45) is 0. The fourth-order valence-electron chi connectivity index (χ4n) is 1.74. The summed E-state index contributed by atoms with van der Waals surface area (Å²) in [5.74, 6) is -2.64. The van der Waals surface area contributed by atoms with E-state index < -0.39 is 11.9 Å². The molecule has 0 aliphatic carbocycles. The Morgan fingerprint density at radius 1 is 1.05 bits per heavy atom. The Hall–Kier alpha value is -2.54.